The first kappa shape index (κ1) is 25.5. The molecule has 11 heteroatoms. The van der Waals surface area contributed by atoms with Crippen LogP contribution in [-0.4, -0.2) is 41.1 Å². The van der Waals surface area contributed by atoms with Gasteiger partial charge in [0.25, 0.3) is 15.9 Å². The first-order chi connectivity index (χ1) is 17.0. The number of ether oxygens (including phenoxy) is 1. The van der Waals surface area contributed by atoms with Crippen LogP contribution in [0.2, 0.25) is 0 Å². The van der Waals surface area contributed by atoms with Gasteiger partial charge in [-0.25, -0.2) is 16.8 Å². The van der Waals surface area contributed by atoms with E-state index in [-0.39, 0.29) is 17.2 Å². The lowest BCUT2D eigenvalue weighted by Gasteiger charge is -2.34. The molecule has 0 saturated heterocycles. The summed E-state index contributed by atoms with van der Waals surface area (Å²) < 4.78 is 60.3. The van der Waals surface area contributed by atoms with Gasteiger partial charge in [-0.3, -0.25) is 13.8 Å². The summed E-state index contributed by atoms with van der Waals surface area (Å²) in [5, 5.41) is 2.67. The third-order valence-corrected chi connectivity index (χ3v) is 9.06. The van der Waals surface area contributed by atoms with Crippen molar-refractivity contribution in [1.82, 2.24) is 0 Å². The molecule has 1 aliphatic rings. The molecular formula is C25H27N3O6S2. The highest BCUT2D eigenvalue weighted by atomic mass is 32.2. The van der Waals surface area contributed by atoms with Crippen LogP contribution in [0.25, 0.3) is 0 Å². The first-order valence-corrected chi connectivity index (χ1v) is 14.4. The van der Waals surface area contributed by atoms with Crippen LogP contribution in [-0.2, 0) is 24.8 Å². The molecule has 0 radical (unpaired) electrons. The van der Waals surface area contributed by atoms with Crippen LogP contribution in [0.3, 0.4) is 0 Å². The Kier molecular flexibility index (Phi) is 6.96. The van der Waals surface area contributed by atoms with Crippen LogP contribution in [0.1, 0.15) is 18.1 Å². The highest BCUT2D eigenvalue weighted by Crippen LogP contribution is 2.35. The highest BCUT2D eigenvalue weighted by Gasteiger charge is 2.36. The molecule has 1 heterocycles. The van der Waals surface area contributed by atoms with Crippen LogP contribution in [0.5, 0.6) is 5.75 Å². The van der Waals surface area contributed by atoms with Crippen molar-refractivity contribution in [1.29, 1.82) is 0 Å². The summed E-state index contributed by atoms with van der Waals surface area (Å²) in [7, 11) is -7.46. The Morgan fingerprint density at radius 1 is 0.944 bits per heavy atom. The van der Waals surface area contributed by atoms with E-state index in [9.17, 15) is 21.6 Å². The third kappa shape index (κ3) is 5.31. The van der Waals surface area contributed by atoms with E-state index in [0.29, 0.717) is 22.8 Å². The number of amides is 1. The zero-order valence-electron chi connectivity index (χ0n) is 20.1. The standard InChI is InChI=1S/C25H27N3O6S2/c1-4-35(30,31)28-16-24(34-23-8-6-5-7-22(23)28)25(29)26-19-11-13-21(14-12-19)36(32,33)27-20-10-9-17(2)18(3)15-20/h5-15,24,27H,4,16H2,1-3H3,(H,26,29)/t24-/m1/s1. The Morgan fingerprint density at radius 2 is 1.61 bits per heavy atom. The predicted octanol–water partition coefficient (Wildman–Crippen LogP) is 3.66. The second-order valence-electron chi connectivity index (χ2n) is 8.42. The lowest BCUT2D eigenvalue weighted by Crippen LogP contribution is -2.49. The quantitative estimate of drug-likeness (QED) is 0.482. The minimum atomic E-state index is -3.83. The maximum absolute atomic E-state index is 12.9. The van der Waals surface area contributed by atoms with Gasteiger partial charge in [-0.2, -0.15) is 0 Å². The molecule has 1 atom stereocenters. The number of carbonyl (C=O) groups is 1. The number of sulfonamides is 2. The molecule has 2 N–H and O–H groups in total. The number of para-hydroxylation sites is 2. The zero-order valence-corrected chi connectivity index (χ0v) is 21.7. The Labute approximate surface area is 211 Å². The van der Waals surface area contributed by atoms with Crippen molar-refractivity contribution in [2.24, 2.45) is 0 Å². The molecule has 1 amide bonds. The van der Waals surface area contributed by atoms with Gasteiger partial charge in [0.1, 0.15) is 5.75 Å². The van der Waals surface area contributed by atoms with E-state index in [0.717, 1.165) is 11.1 Å². The van der Waals surface area contributed by atoms with E-state index < -0.39 is 32.1 Å². The number of rotatable bonds is 7. The van der Waals surface area contributed by atoms with Crippen molar-refractivity contribution in [2.75, 3.05) is 26.6 Å². The Morgan fingerprint density at radius 3 is 2.28 bits per heavy atom. The van der Waals surface area contributed by atoms with E-state index in [1.165, 1.54) is 35.5 Å². The molecule has 0 bridgehead atoms. The first-order valence-electron chi connectivity index (χ1n) is 11.3. The van der Waals surface area contributed by atoms with Crippen LogP contribution in [0.15, 0.2) is 71.6 Å². The van der Waals surface area contributed by atoms with Crippen LogP contribution < -0.4 is 19.1 Å². The number of anilines is 3. The third-order valence-electron chi connectivity index (χ3n) is 5.92. The number of hydrogen-bond acceptors (Lipinski definition) is 6. The number of benzene rings is 3. The minimum Gasteiger partial charge on any atom is -0.476 e. The molecule has 190 valence electrons. The fraction of sp³-hybridized carbons (Fsp3) is 0.240. The van der Waals surface area contributed by atoms with Crippen LogP contribution in [0.4, 0.5) is 17.1 Å². The average molecular weight is 530 g/mol. The molecule has 0 spiro atoms. The summed E-state index contributed by atoms with van der Waals surface area (Å²) in [5.74, 6) is -0.383. The monoisotopic (exact) mass is 529 g/mol. The van der Waals surface area contributed by atoms with Crippen LogP contribution in [0, 0.1) is 13.8 Å². The molecule has 0 saturated carbocycles. The van der Waals surface area contributed by atoms with Crippen molar-refractivity contribution in [3.63, 3.8) is 0 Å². The van der Waals surface area contributed by atoms with E-state index >= 15 is 0 Å². The molecule has 1 aliphatic heterocycles. The highest BCUT2D eigenvalue weighted by molar-refractivity contribution is 7.93. The van der Waals surface area contributed by atoms with E-state index in [1.54, 1.807) is 36.4 Å². The molecule has 3 aromatic carbocycles. The van der Waals surface area contributed by atoms with Gasteiger partial charge in [0.05, 0.1) is 22.9 Å². The fourth-order valence-electron chi connectivity index (χ4n) is 3.72. The number of nitrogens with zero attached hydrogens (tertiary/aromatic N) is 1. The molecule has 36 heavy (non-hydrogen) atoms. The largest absolute Gasteiger partial charge is 0.476 e. The van der Waals surface area contributed by atoms with Gasteiger partial charge in [0.2, 0.25) is 10.0 Å². The number of fused-ring (bicyclic) bond motifs is 1. The number of aryl methyl sites for hydroxylation is 2. The summed E-state index contributed by atoms with van der Waals surface area (Å²) in [5.41, 5.74) is 3.20. The summed E-state index contributed by atoms with van der Waals surface area (Å²) in [4.78, 5) is 13.0. The van der Waals surface area contributed by atoms with Crippen molar-refractivity contribution >= 4 is 43.0 Å². The average Bonchev–Trinajstić information content (AvgIpc) is 2.85. The second kappa shape index (κ2) is 9.82. The van der Waals surface area contributed by atoms with Crippen LogP contribution >= 0.6 is 0 Å². The van der Waals surface area contributed by atoms with E-state index in [2.05, 4.69) is 10.0 Å². The normalized spacial score (nSPS) is 15.5. The van der Waals surface area contributed by atoms with E-state index in [1.807, 2.05) is 19.9 Å². The van der Waals surface area contributed by atoms with Gasteiger partial charge in [-0.15, -0.1) is 0 Å². The second-order valence-corrected chi connectivity index (χ2v) is 12.3. The molecular weight excluding hydrogens is 502 g/mol. The lowest BCUT2D eigenvalue weighted by molar-refractivity contribution is -0.122. The minimum absolute atomic E-state index is 0.0294. The van der Waals surface area contributed by atoms with Crippen molar-refractivity contribution in [3.8, 4) is 5.75 Å². The summed E-state index contributed by atoms with van der Waals surface area (Å²) >= 11 is 0. The van der Waals surface area contributed by atoms with Gasteiger partial charge in [0.15, 0.2) is 6.10 Å². The maximum Gasteiger partial charge on any atom is 0.267 e. The summed E-state index contributed by atoms with van der Waals surface area (Å²) in [6.45, 7) is 5.20. The smallest absolute Gasteiger partial charge is 0.267 e. The maximum atomic E-state index is 12.9. The molecule has 3 aromatic rings. The van der Waals surface area contributed by atoms with Crippen molar-refractivity contribution in [2.45, 2.75) is 31.8 Å². The van der Waals surface area contributed by atoms with Crippen molar-refractivity contribution in [3.05, 3.63) is 77.9 Å². The molecule has 4 rings (SSSR count). The molecule has 0 unspecified atom stereocenters. The lowest BCUT2D eigenvalue weighted by atomic mass is 10.1. The Bertz CT molecular complexity index is 1500. The van der Waals surface area contributed by atoms with E-state index in [4.69, 9.17) is 4.74 Å². The predicted molar refractivity (Wildman–Crippen MR) is 139 cm³/mol. The Balaban J connectivity index is 1.48. The SMILES string of the molecule is CCS(=O)(=O)N1C[C@H](C(=O)Nc2ccc(S(=O)(=O)Nc3ccc(C)c(C)c3)cc2)Oc2ccccc21. The topological polar surface area (TPSA) is 122 Å². The van der Waals surface area contributed by atoms with Gasteiger partial charge < -0.3 is 10.1 Å². The molecule has 0 aliphatic carbocycles. The van der Waals surface area contributed by atoms with Crippen molar-refractivity contribution < 1.29 is 26.4 Å². The van der Waals surface area contributed by atoms with Gasteiger partial charge in [-0.05, 0) is 80.4 Å². The number of carbonyl (C=O) groups excluding carboxylic acids is 1. The zero-order chi connectivity index (χ0) is 26.1. The van der Waals surface area contributed by atoms with Gasteiger partial charge in [-0.1, -0.05) is 18.2 Å². The molecule has 0 aromatic heterocycles. The van der Waals surface area contributed by atoms with Gasteiger partial charge in [0, 0.05) is 11.4 Å². The summed E-state index contributed by atoms with van der Waals surface area (Å²) in [6, 6.07) is 17.6. The number of nitrogens with one attached hydrogen (secondary N) is 2. The Hall–Kier alpha value is -3.57. The van der Waals surface area contributed by atoms with Gasteiger partial charge >= 0.3 is 0 Å². The summed E-state index contributed by atoms with van der Waals surface area (Å²) in [6.07, 6.45) is -1.09. The number of hydrogen-bond donors (Lipinski definition) is 2. The molecule has 0 fully saturated rings. The molecule has 9 nitrogen and oxygen atoms in total. The fourth-order valence-corrected chi connectivity index (χ4v) is 5.89.